The molecule has 2 aromatic rings. The summed E-state index contributed by atoms with van der Waals surface area (Å²) in [4.78, 5) is 0. The van der Waals surface area contributed by atoms with E-state index < -0.39 is 45.2 Å². The van der Waals surface area contributed by atoms with Gasteiger partial charge in [0.2, 0.25) is 0 Å². The van der Waals surface area contributed by atoms with Crippen molar-refractivity contribution < 1.29 is 91.3 Å². The van der Waals surface area contributed by atoms with Crippen molar-refractivity contribution in [1.82, 2.24) is 0 Å². The van der Waals surface area contributed by atoms with Crippen LogP contribution in [0.15, 0.2) is 48.5 Å². The maximum atomic E-state index is 12.7. The van der Waals surface area contributed by atoms with Crippen molar-refractivity contribution >= 4 is 10.1 Å². The van der Waals surface area contributed by atoms with Gasteiger partial charge in [-0.2, -0.15) is 57.1 Å². The van der Waals surface area contributed by atoms with Crippen LogP contribution in [0.3, 0.4) is 0 Å². The van der Waals surface area contributed by atoms with E-state index in [0.29, 0.717) is 0 Å². The largest absolute Gasteiger partial charge is 0.743 e. The van der Waals surface area contributed by atoms with Gasteiger partial charge in [0.1, 0.15) is 0 Å². The molecule has 0 amide bonds. The minimum absolute atomic E-state index is 0.0793. The van der Waals surface area contributed by atoms with E-state index in [4.69, 9.17) is 0 Å². The summed E-state index contributed by atoms with van der Waals surface area (Å²) in [6.45, 7) is 13.8. The van der Waals surface area contributed by atoms with E-state index in [0.717, 1.165) is 0 Å². The van der Waals surface area contributed by atoms with Gasteiger partial charge in [-0.25, -0.2) is 8.42 Å². The Bertz CT molecular complexity index is 1360. The average molecular weight is 820 g/mol. The Balaban J connectivity index is 0.000000460. The molecular weight excluding hydrogens is 790 g/mol. The van der Waals surface area contributed by atoms with Gasteiger partial charge in [-0.1, -0.05) is 65.8 Å². The van der Waals surface area contributed by atoms with Crippen molar-refractivity contribution in [2.24, 2.45) is 0 Å². The lowest BCUT2D eigenvalue weighted by atomic mass is 9.82. The normalized spacial score (nSPS) is 14.5. The van der Waals surface area contributed by atoms with E-state index >= 15 is 0 Å². The molecule has 0 fully saturated rings. The van der Waals surface area contributed by atoms with Crippen LogP contribution in [-0.4, -0.2) is 48.1 Å². The maximum absolute atomic E-state index is 12.7. The summed E-state index contributed by atoms with van der Waals surface area (Å²) in [6.07, 6.45) is -5.26. The first-order valence-electron chi connectivity index (χ1n) is 13.1. The van der Waals surface area contributed by atoms with Gasteiger partial charge < -0.3 is 4.55 Å². The third-order valence-electron chi connectivity index (χ3n) is 7.46. The third-order valence-corrected chi connectivity index (χ3v) is 11.0. The Morgan fingerprint density at radius 2 is 0.826 bits per heavy atom. The van der Waals surface area contributed by atoms with Crippen LogP contribution in [0.25, 0.3) is 0 Å². The summed E-state index contributed by atoms with van der Waals surface area (Å²) < 4.78 is 192. The van der Waals surface area contributed by atoms with Crippen LogP contribution in [0.1, 0.15) is 65.5 Å². The number of halogens is 14. The summed E-state index contributed by atoms with van der Waals surface area (Å²) in [6, 6.07) is 18.7. The zero-order valence-electron chi connectivity index (χ0n) is 25.0. The molecule has 0 atom stereocenters. The molecule has 0 radical (unpaired) electrons. The van der Waals surface area contributed by atoms with E-state index in [1.54, 1.807) is 0 Å². The molecule has 264 valence electrons. The molecule has 0 heterocycles. The molecule has 0 saturated heterocycles. The van der Waals surface area contributed by atoms with Crippen molar-refractivity contribution in [3.8, 4) is 0 Å². The highest BCUT2D eigenvalue weighted by Gasteiger charge is 2.91. The van der Waals surface area contributed by atoms with Crippen LogP contribution >= 0.6 is 0 Å². The van der Waals surface area contributed by atoms with Gasteiger partial charge in [0.25, 0.3) is 0 Å². The molecule has 46 heavy (non-hydrogen) atoms. The number of hydrogen-bond donors (Lipinski definition) is 0. The Kier molecular flexibility index (Phi) is 12.5. The third kappa shape index (κ3) is 8.06. The second-order valence-electron chi connectivity index (χ2n) is 11.3. The first kappa shape index (κ1) is 42.2. The highest BCUT2D eigenvalue weighted by molar-refractivity contribution is 7.86. The topological polar surface area (TPSA) is 57.2 Å². The van der Waals surface area contributed by atoms with Gasteiger partial charge in [-0.3, -0.25) is 0 Å². The second-order valence-corrected chi connectivity index (χ2v) is 15.8. The Labute approximate surface area is 267 Å². The van der Waals surface area contributed by atoms with E-state index in [1.807, 2.05) is 0 Å². The zero-order valence-corrected chi connectivity index (χ0v) is 27.9. The van der Waals surface area contributed by atoms with Crippen molar-refractivity contribution in [3.63, 3.8) is 0 Å². The first-order chi connectivity index (χ1) is 20.3. The molecule has 0 aliphatic heterocycles. The number of hydrogen-bond acceptors (Lipinski definition) is 3. The van der Waals surface area contributed by atoms with Gasteiger partial charge in [-0.05, 0) is 59.1 Å². The lowest BCUT2D eigenvalue weighted by molar-refractivity contribution is -0.597. The average Bonchev–Trinajstić information content (AvgIpc) is 2.92. The monoisotopic (exact) mass is 820 g/mol. The van der Waals surface area contributed by atoms with Crippen LogP contribution in [0, 0.1) is 7.14 Å². The lowest BCUT2D eigenvalue weighted by Crippen LogP contribution is -3.61. The molecule has 0 saturated carbocycles. The van der Waals surface area contributed by atoms with Crippen LogP contribution in [0.4, 0.5) is 57.1 Å². The quantitative estimate of drug-likeness (QED) is 0.150. The molecule has 2 aromatic carbocycles. The number of alkyl halides is 13. The molecule has 2 rings (SSSR count). The fourth-order valence-electron chi connectivity index (χ4n) is 3.37. The smallest absolute Gasteiger partial charge is 0.460 e. The summed E-state index contributed by atoms with van der Waals surface area (Å²) in [7, 11) is -7.86. The highest BCUT2D eigenvalue weighted by Crippen LogP contribution is 2.60. The molecule has 0 spiro atoms. The Morgan fingerprint density at radius 1 is 0.543 bits per heavy atom. The fourth-order valence-corrected chi connectivity index (χ4v) is 5.97. The zero-order chi connectivity index (χ0) is 36.6. The van der Waals surface area contributed by atoms with E-state index in [9.17, 15) is 70.0 Å². The molecule has 0 unspecified atom stereocenters. The molecule has 18 heteroatoms. The molecule has 3 nitrogen and oxygen atoms in total. The van der Waals surface area contributed by atoms with Gasteiger partial charge >= 0.3 is 56.3 Å². The fraction of sp³-hybridized carbons (Fsp3) is 0.571. The van der Waals surface area contributed by atoms with Gasteiger partial charge in [0.15, 0.2) is 17.3 Å². The summed E-state index contributed by atoms with van der Waals surface area (Å²) in [5.41, 5.74) is 3.47. The molecule has 0 N–H and O–H groups in total. The number of benzene rings is 2. The SMILES string of the molecule is CCC(C)(C)c1ccc([I+]c2ccc(C(C)(C)CC)cc2)cc1.O=S(=O)([O-])C(F)(F)C(F)(F)C(F)(F)C(F)(F)C(F)(F)C(F)(F)F. The van der Waals surface area contributed by atoms with Crippen molar-refractivity contribution in [2.75, 3.05) is 0 Å². The predicted molar refractivity (Wildman–Crippen MR) is 137 cm³/mol. The first-order valence-corrected chi connectivity index (χ1v) is 16.6. The molecule has 0 aliphatic rings. The summed E-state index contributed by atoms with van der Waals surface area (Å²) >= 11 is -0.0793. The van der Waals surface area contributed by atoms with Gasteiger partial charge in [0, 0.05) is 0 Å². The van der Waals surface area contributed by atoms with Crippen molar-refractivity contribution in [2.45, 2.75) is 100 Å². The van der Waals surface area contributed by atoms with E-state index in [-0.39, 0.29) is 32.0 Å². The van der Waals surface area contributed by atoms with Crippen LogP contribution < -0.4 is 21.2 Å². The standard InChI is InChI=1S/C22H30I.C6HF13O3S/c1-7-21(3,4)17-9-13-19(14-10-17)23-20-15-11-18(12-16-20)22(5,6)8-2;7-1(8,3(11,12)5(15,16)17)2(9,10)4(13,14)6(18,19)23(20,21)22/h9-16H,7-8H2,1-6H3;(H,20,21,22)/q+1;/p-1. The Morgan fingerprint density at radius 3 is 1.07 bits per heavy atom. The molecule has 0 bridgehead atoms. The molecule has 0 aliphatic carbocycles. The predicted octanol–water partition coefficient (Wildman–Crippen LogP) is 6.42. The van der Waals surface area contributed by atoms with Gasteiger partial charge in [-0.15, -0.1) is 0 Å². The Hall–Kier alpha value is -1.83. The van der Waals surface area contributed by atoms with Crippen molar-refractivity contribution in [1.29, 1.82) is 0 Å². The minimum atomic E-state index is -8.29. The lowest BCUT2D eigenvalue weighted by Gasteiger charge is -2.39. The highest BCUT2D eigenvalue weighted by atomic mass is 127. The molecular formula is C28H30F13IO3S. The second kappa shape index (κ2) is 13.6. The van der Waals surface area contributed by atoms with E-state index in [2.05, 4.69) is 90.1 Å². The minimum Gasteiger partial charge on any atom is -0.743 e. The summed E-state index contributed by atoms with van der Waals surface area (Å²) in [5, 5.41) is -7.63. The van der Waals surface area contributed by atoms with Gasteiger partial charge in [0.05, 0.1) is 0 Å². The van der Waals surface area contributed by atoms with Crippen LogP contribution in [0.2, 0.25) is 0 Å². The van der Waals surface area contributed by atoms with Crippen LogP contribution in [0.5, 0.6) is 0 Å². The number of rotatable bonds is 11. The summed E-state index contributed by atoms with van der Waals surface area (Å²) in [5.74, 6) is -32.6. The maximum Gasteiger partial charge on any atom is 0.460 e. The van der Waals surface area contributed by atoms with Crippen molar-refractivity contribution in [3.05, 3.63) is 66.8 Å². The molecule has 0 aromatic heterocycles. The van der Waals surface area contributed by atoms with Crippen LogP contribution in [-0.2, 0) is 20.9 Å². The van der Waals surface area contributed by atoms with E-state index in [1.165, 1.54) is 31.1 Å².